The van der Waals surface area contributed by atoms with Gasteiger partial charge >= 0.3 is 5.97 Å². The van der Waals surface area contributed by atoms with Crippen LogP contribution in [0.3, 0.4) is 0 Å². The number of aromatic nitrogens is 1. The molecule has 0 radical (unpaired) electrons. The summed E-state index contributed by atoms with van der Waals surface area (Å²) >= 11 is 6.08. The van der Waals surface area contributed by atoms with Crippen molar-refractivity contribution in [3.8, 4) is 6.07 Å². The van der Waals surface area contributed by atoms with Crippen molar-refractivity contribution in [2.24, 2.45) is 0 Å². The summed E-state index contributed by atoms with van der Waals surface area (Å²) in [5.41, 5.74) is 2.22. The second-order valence-corrected chi connectivity index (χ2v) is 4.61. The van der Waals surface area contributed by atoms with Crippen molar-refractivity contribution in [2.45, 2.75) is 13.5 Å². The van der Waals surface area contributed by atoms with E-state index in [1.807, 2.05) is 6.07 Å². The number of hydrogen-bond acceptors (Lipinski definition) is 2. The summed E-state index contributed by atoms with van der Waals surface area (Å²) in [7, 11) is 0. The number of hydrogen-bond donors (Lipinski definition) is 1. The van der Waals surface area contributed by atoms with Crippen molar-refractivity contribution < 1.29 is 9.90 Å². The van der Waals surface area contributed by atoms with Gasteiger partial charge in [-0.3, -0.25) is 0 Å². The number of benzene rings is 1. The SMILES string of the molecule is Cc1ccn(Cc2ccc(C#N)cc2Cl)c1C(=O)O. The van der Waals surface area contributed by atoms with Gasteiger partial charge in [-0.2, -0.15) is 5.26 Å². The zero-order valence-corrected chi connectivity index (χ0v) is 11.0. The lowest BCUT2D eigenvalue weighted by atomic mass is 10.1. The Balaban J connectivity index is 2.37. The second kappa shape index (κ2) is 5.17. The van der Waals surface area contributed by atoms with Crippen molar-refractivity contribution in [2.75, 3.05) is 0 Å². The summed E-state index contributed by atoms with van der Waals surface area (Å²) in [5, 5.41) is 18.4. The molecular formula is C14H11ClN2O2. The van der Waals surface area contributed by atoms with Crippen LogP contribution in [0.15, 0.2) is 30.5 Å². The minimum Gasteiger partial charge on any atom is -0.477 e. The molecule has 0 saturated carbocycles. The molecule has 1 N–H and O–H groups in total. The fraction of sp³-hybridized carbons (Fsp3) is 0.143. The van der Waals surface area contributed by atoms with Crippen molar-refractivity contribution in [1.29, 1.82) is 5.26 Å². The third-order valence-electron chi connectivity index (χ3n) is 2.89. The van der Waals surface area contributed by atoms with E-state index in [1.54, 1.807) is 42.0 Å². The molecule has 2 rings (SSSR count). The fourth-order valence-corrected chi connectivity index (χ4v) is 2.17. The van der Waals surface area contributed by atoms with E-state index in [0.717, 1.165) is 5.56 Å². The maximum atomic E-state index is 11.2. The number of aryl methyl sites for hydroxylation is 1. The first kappa shape index (κ1) is 13.2. The summed E-state index contributed by atoms with van der Waals surface area (Å²) < 4.78 is 1.63. The number of aromatic carboxylic acids is 1. The van der Waals surface area contributed by atoms with Gasteiger partial charge in [0.25, 0.3) is 0 Å². The molecule has 0 aliphatic heterocycles. The summed E-state index contributed by atoms with van der Waals surface area (Å²) in [4.78, 5) is 11.2. The molecule has 0 bridgehead atoms. The number of carboxylic acid groups (broad SMARTS) is 1. The highest BCUT2D eigenvalue weighted by Crippen LogP contribution is 2.20. The third-order valence-corrected chi connectivity index (χ3v) is 3.24. The Morgan fingerprint density at radius 1 is 1.47 bits per heavy atom. The number of rotatable bonds is 3. The molecule has 0 saturated heterocycles. The van der Waals surface area contributed by atoms with Gasteiger partial charge in [0.05, 0.1) is 11.6 Å². The van der Waals surface area contributed by atoms with E-state index >= 15 is 0 Å². The molecule has 0 amide bonds. The zero-order valence-electron chi connectivity index (χ0n) is 10.2. The molecule has 96 valence electrons. The molecule has 0 spiro atoms. The molecule has 2 aromatic rings. The summed E-state index contributed by atoms with van der Waals surface area (Å²) in [6.45, 7) is 2.11. The highest BCUT2D eigenvalue weighted by Gasteiger charge is 2.14. The maximum Gasteiger partial charge on any atom is 0.352 e. The molecule has 0 atom stereocenters. The summed E-state index contributed by atoms with van der Waals surface area (Å²) in [6, 6.07) is 8.74. The largest absolute Gasteiger partial charge is 0.477 e. The van der Waals surface area contributed by atoms with Gasteiger partial charge in [0, 0.05) is 17.8 Å². The van der Waals surface area contributed by atoms with Crippen molar-refractivity contribution in [3.63, 3.8) is 0 Å². The molecule has 0 aliphatic rings. The van der Waals surface area contributed by atoms with Gasteiger partial charge in [-0.1, -0.05) is 17.7 Å². The topological polar surface area (TPSA) is 66.0 Å². The summed E-state index contributed by atoms with van der Waals surface area (Å²) in [5.74, 6) is -0.965. The first-order chi connectivity index (χ1) is 9.02. The summed E-state index contributed by atoms with van der Waals surface area (Å²) in [6.07, 6.45) is 1.72. The number of nitrogens with zero attached hydrogens (tertiary/aromatic N) is 2. The van der Waals surface area contributed by atoms with Crippen molar-refractivity contribution in [1.82, 2.24) is 4.57 Å². The molecule has 0 unspecified atom stereocenters. The smallest absolute Gasteiger partial charge is 0.352 e. The van der Waals surface area contributed by atoms with Gasteiger partial charge < -0.3 is 9.67 Å². The van der Waals surface area contributed by atoms with Crippen LogP contribution in [-0.4, -0.2) is 15.6 Å². The molecule has 5 heteroatoms. The predicted octanol–water partition coefficient (Wildman–Crippen LogP) is 3.07. The molecule has 4 nitrogen and oxygen atoms in total. The van der Waals surface area contributed by atoms with Crippen LogP contribution in [-0.2, 0) is 6.54 Å². The van der Waals surface area contributed by atoms with Crippen LogP contribution >= 0.6 is 11.6 Å². The molecular weight excluding hydrogens is 264 g/mol. The predicted molar refractivity (Wildman–Crippen MR) is 71.4 cm³/mol. The molecule has 1 aromatic heterocycles. The van der Waals surface area contributed by atoms with Crippen LogP contribution in [0.2, 0.25) is 5.02 Å². The van der Waals surface area contributed by atoms with Crippen LogP contribution in [0.4, 0.5) is 0 Å². The van der Waals surface area contributed by atoms with Crippen LogP contribution in [0.25, 0.3) is 0 Å². The first-order valence-electron chi connectivity index (χ1n) is 5.60. The highest BCUT2D eigenvalue weighted by atomic mass is 35.5. The lowest BCUT2D eigenvalue weighted by molar-refractivity contribution is 0.0685. The zero-order chi connectivity index (χ0) is 14.0. The molecule has 1 heterocycles. The third kappa shape index (κ3) is 2.61. The van der Waals surface area contributed by atoms with E-state index < -0.39 is 5.97 Å². The number of carboxylic acids is 1. The molecule has 0 aliphatic carbocycles. The average Bonchev–Trinajstić information content (AvgIpc) is 2.73. The lowest BCUT2D eigenvalue weighted by Crippen LogP contribution is -2.10. The van der Waals surface area contributed by atoms with Crippen LogP contribution in [0, 0.1) is 18.3 Å². The first-order valence-corrected chi connectivity index (χ1v) is 5.98. The van der Waals surface area contributed by atoms with E-state index in [-0.39, 0.29) is 5.69 Å². The Labute approximate surface area is 115 Å². The Kier molecular flexibility index (Phi) is 3.59. The minimum absolute atomic E-state index is 0.250. The average molecular weight is 275 g/mol. The van der Waals surface area contributed by atoms with E-state index in [0.29, 0.717) is 22.7 Å². The number of nitriles is 1. The van der Waals surface area contributed by atoms with Gasteiger partial charge in [-0.15, -0.1) is 0 Å². The maximum absolute atomic E-state index is 11.2. The lowest BCUT2D eigenvalue weighted by Gasteiger charge is -2.09. The van der Waals surface area contributed by atoms with Crippen molar-refractivity contribution >= 4 is 17.6 Å². The van der Waals surface area contributed by atoms with E-state index in [2.05, 4.69) is 0 Å². The Bertz CT molecular complexity index is 683. The second-order valence-electron chi connectivity index (χ2n) is 4.20. The highest BCUT2D eigenvalue weighted by molar-refractivity contribution is 6.31. The van der Waals surface area contributed by atoms with Crippen LogP contribution < -0.4 is 0 Å². The van der Waals surface area contributed by atoms with Gasteiger partial charge in [-0.05, 0) is 36.2 Å². The van der Waals surface area contributed by atoms with Crippen molar-refractivity contribution in [3.05, 3.63) is 57.9 Å². The van der Waals surface area contributed by atoms with Crippen LogP contribution in [0.1, 0.15) is 27.2 Å². The normalized spacial score (nSPS) is 10.2. The van der Waals surface area contributed by atoms with Gasteiger partial charge in [0.1, 0.15) is 5.69 Å². The molecule has 19 heavy (non-hydrogen) atoms. The Morgan fingerprint density at radius 3 is 2.79 bits per heavy atom. The quantitative estimate of drug-likeness (QED) is 0.935. The molecule has 0 fully saturated rings. The number of carbonyl (C=O) groups is 1. The number of halogens is 1. The Morgan fingerprint density at radius 2 is 2.21 bits per heavy atom. The van der Waals surface area contributed by atoms with Gasteiger partial charge in [-0.25, -0.2) is 4.79 Å². The van der Waals surface area contributed by atoms with Crippen LogP contribution in [0.5, 0.6) is 0 Å². The molecule has 1 aromatic carbocycles. The fourth-order valence-electron chi connectivity index (χ4n) is 1.93. The minimum atomic E-state index is -0.965. The Hall–Kier alpha value is -2.25. The monoisotopic (exact) mass is 274 g/mol. The standard InChI is InChI=1S/C14H11ClN2O2/c1-9-4-5-17(13(9)14(18)19)8-11-3-2-10(7-16)6-12(11)15/h2-6H,8H2,1H3,(H,18,19). The van der Waals surface area contributed by atoms with E-state index in [1.165, 1.54) is 0 Å². The van der Waals surface area contributed by atoms with E-state index in [9.17, 15) is 4.79 Å². The van der Waals surface area contributed by atoms with Gasteiger partial charge in [0.2, 0.25) is 0 Å². The van der Waals surface area contributed by atoms with Gasteiger partial charge in [0.15, 0.2) is 0 Å². The van der Waals surface area contributed by atoms with E-state index in [4.69, 9.17) is 22.0 Å².